The average molecular weight is 241 g/mol. The summed E-state index contributed by atoms with van der Waals surface area (Å²) in [6.07, 6.45) is 4.29. The Morgan fingerprint density at radius 1 is 1.39 bits per heavy atom. The van der Waals surface area contributed by atoms with Crippen LogP contribution in [-0.4, -0.2) is 20.5 Å². The molecule has 2 heterocycles. The first-order chi connectivity index (χ1) is 8.75. The molecule has 2 aromatic rings. The highest BCUT2D eigenvalue weighted by molar-refractivity contribution is 5.98. The number of carbonyl (C=O) groups is 1. The van der Waals surface area contributed by atoms with Crippen molar-refractivity contribution in [3.8, 4) is 0 Å². The summed E-state index contributed by atoms with van der Waals surface area (Å²) in [5.41, 5.74) is 4.12. The Morgan fingerprint density at radius 3 is 3.06 bits per heavy atom. The van der Waals surface area contributed by atoms with E-state index >= 15 is 0 Å². The van der Waals surface area contributed by atoms with Gasteiger partial charge in [0.2, 0.25) is 0 Å². The molecule has 0 N–H and O–H groups in total. The van der Waals surface area contributed by atoms with E-state index in [-0.39, 0.29) is 5.78 Å². The predicted octanol–water partition coefficient (Wildman–Crippen LogP) is 2.15. The number of fused-ring (bicyclic) bond motifs is 1. The molecule has 0 aromatic carbocycles. The fourth-order valence-corrected chi connectivity index (χ4v) is 2.59. The normalized spacial score (nSPS) is 14.6. The van der Waals surface area contributed by atoms with Crippen LogP contribution in [0.1, 0.15) is 40.3 Å². The third-order valence-corrected chi connectivity index (χ3v) is 3.48. The van der Waals surface area contributed by atoms with Gasteiger partial charge in [-0.3, -0.25) is 4.79 Å². The molecule has 1 aliphatic carbocycles. The second-order valence-corrected chi connectivity index (χ2v) is 4.72. The molecule has 0 aliphatic heterocycles. The van der Waals surface area contributed by atoms with Crippen molar-refractivity contribution in [2.45, 2.75) is 32.7 Å². The molecule has 92 valence electrons. The molecule has 1 aliphatic rings. The maximum absolute atomic E-state index is 11.9. The van der Waals surface area contributed by atoms with Crippen LogP contribution in [-0.2, 0) is 13.0 Å². The highest BCUT2D eigenvalue weighted by atomic mass is 16.1. The SMILES string of the molecule is Cc1cc2c(n1Cc1cccnn1)CCCC2=O. The van der Waals surface area contributed by atoms with Gasteiger partial charge >= 0.3 is 0 Å². The first kappa shape index (κ1) is 11.1. The Bertz CT molecular complexity index is 587. The average Bonchev–Trinajstić information content (AvgIpc) is 2.70. The zero-order valence-electron chi connectivity index (χ0n) is 10.4. The smallest absolute Gasteiger partial charge is 0.164 e. The van der Waals surface area contributed by atoms with Gasteiger partial charge in [-0.15, -0.1) is 0 Å². The van der Waals surface area contributed by atoms with Crippen molar-refractivity contribution in [3.63, 3.8) is 0 Å². The second-order valence-electron chi connectivity index (χ2n) is 4.72. The summed E-state index contributed by atoms with van der Waals surface area (Å²) in [5.74, 6) is 0.275. The zero-order chi connectivity index (χ0) is 12.5. The van der Waals surface area contributed by atoms with E-state index in [0.29, 0.717) is 13.0 Å². The first-order valence-electron chi connectivity index (χ1n) is 6.24. The molecule has 0 fully saturated rings. The van der Waals surface area contributed by atoms with Crippen molar-refractivity contribution in [3.05, 3.63) is 47.0 Å². The van der Waals surface area contributed by atoms with Crippen molar-refractivity contribution >= 4 is 5.78 Å². The third kappa shape index (κ3) is 1.83. The van der Waals surface area contributed by atoms with Crippen LogP contribution in [0.2, 0.25) is 0 Å². The van der Waals surface area contributed by atoms with Crippen LogP contribution in [0.4, 0.5) is 0 Å². The van der Waals surface area contributed by atoms with Crippen molar-refractivity contribution in [1.29, 1.82) is 0 Å². The number of hydrogen-bond acceptors (Lipinski definition) is 3. The van der Waals surface area contributed by atoms with E-state index in [1.54, 1.807) is 6.20 Å². The van der Waals surface area contributed by atoms with Crippen molar-refractivity contribution < 1.29 is 4.79 Å². The Labute approximate surface area is 106 Å². The Balaban J connectivity index is 2.00. The number of nitrogens with zero attached hydrogens (tertiary/aromatic N) is 3. The number of Topliss-reactive ketones (excluding diaryl/α,β-unsaturated/α-hetero) is 1. The molecule has 2 aromatic heterocycles. The summed E-state index contributed by atoms with van der Waals surface area (Å²) in [6, 6.07) is 5.86. The van der Waals surface area contributed by atoms with E-state index in [9.17, 15) is 4.79 Å². The first-order valence-corrected chi connectivity index (χ1v) is 6.24. The van der Waals surface area contributed by atoms with Crippen LogP contribution in [0, 0.1) is 6.92 Å². The highest BCUT2D eigenvalue weighted by Gasteiger charge is 2.22. The van der Waals surface area contributed by atoms with Gasteiger partial charge in [0.05, 0.1) is 12.2 Å². The van der Waals surface area contributed by atoms with E-state index in [1.165, 1.54) is 0 Å². The van der Waals surface area contributed by atoms with E-state index in [4.69, 9.17) is 0 Å². The van der Waals surface area contributed by atoms with E-state index in [0.717, 1.165) is 35.5 Å². The van der Waals surface area contributed by atoms with Crippen molar-refractivity contribution in [2.75, 3.05) is 0 Å². The molecule has 0 amide bonds. The molecule has 3 rings (SSSR count). The molecule has 0 bridgehead atoms. The lowest BCUT2D eigenvalue weighted by atomic mass is 9.96. The topological polar surface area (TPSA) is 47.8 Å². The van der Waals surface area contributed by atoms with Gasteiger partial charge in [0, 0.05) is 29.6 Å². The summed E-state index contributed by atoms with van der Waals surface area (Å²) in [4.78, 5) is 11.9. The minimum Gasteiger partial charge on any atom is -0.342 e. The number of ketones is 1. The van der Waals surface area contributed by atoms with Gasteiger partial charge in [-0.1, -0.05) is 0 Å². The predicted molar refractivity (Wildman–Crippen MR) is 67.6 cm³/mol. The van der Waals surface area contributed by atoms with Gasteiger partial charge < -0.3 is 4.57 Å². The summed E-state index contributed by atoms with van der Waals surface area (Å²) >= 11 is 0. The van der Waals surface area contributed by atoms with Crippen LogP contribution >= 0.6 is 0 Å². The quantitative estimate of drug-likeness (QED) is 0.809. The van der Waals surface area contributed by atoms with E-state index < -0.39 is 0 Å². The molecule has 0 unspecified atom stereocenters. The van der Waals surface area contributed by atoms with Crippen LogP contribution in [0.25, 0.3) is 0 Å². The molecule has 0 atom stereocenters. The fraction of sp³-hybridized carbons (Fsp3) is 0.357. The van der Waals surface area contributed by atoms with Gasteiger partial charge in [0.25, 0.3) is 0 Å². The monoisotopic (exact) mass is 241 g/mol. The standard InChI is InChI=1S/C14H15N3O/c1-10-8-12-13(5-2-6-14(12)18)17(10)9-11-4-3-7-15-16-11/h3-4,7-8H,2,5-6,9H2,1H3. The number of aryl methyl sites for hydroxylation is 1. The maximum Gasteiger partial charge on any atom is 0.164 e. The Hall–Kier alpha value is -1.97. The Kier molecular flexibility index (Phi) is 2.70. The van der Waals surface area contributed by atoms with Crippen LogP contribution in [0.3, 0.4) is 0 Å². The number of aromatic nitrogens is 3. The molecule has 4 heteroatoms. The van der Waals surface area contributed by atoms with Gasteiger partial charge in [0.15, 0.2) is 5.78 Å². The van der Waals surface area contributed by atoms with Gasteiger partial charge in [-0.25, -0.2) is 0 Å². The van der Waals surface area contributed by atoms with Crippen LogP contribution in [0.5, 0.6) is 0 Å². The molecule has 0 spiro atoms. The van der Waals surface area contributed by atoms with Crippen LogP contribution < -0.4 is 0 Å². The minimum atomic E-state index is 0.275. The number of hydrogen-bond donors (Lipinski definition) is 0. The largest absolute Gasteiger partial charge is 0.342 e. The molecular weight excluding hydrogens is 226 g/mol. The second kappa shape index (κ2) is 4.37. The minimum absolute atomic E-state index is 0.275. The summed E-state index contributed by atoms with van der Waals surface area (Å²) in [7, 11) is 0. The Morgan fingerprint density at radius 2 is 2.28 bits per heavy atom. The fourth-order valence-electron chi connectivity index (χ4n) is 2.59. The van der Waals surface area contributed by atoms with Gasteiger partial charge in [0.1, 0.15) is 0 Å². The molecular formula is C14H15N3O. The van der Waals surface area contributed by atoms with Crippen molar-refractivity contribution in [2.24, 2.45) is 0 Å². The number of rotatable bonds is 2. The molecule has 0 saturated carbocycles. The van der Waals surface area contributed by atoms with E-state index in [1.807, 2.05) is 25.1 Å². The number of carbonyl (C=O) groups excluding carboxylic acids is 1. The molecule has 18 heavy (non-hydrogen) atoms. The summed E-state index contributed by atoms with van der Waals surface area (Å²) in [5, 5.41) is 8.00. The van der Waals surface area contributed by atoms with E-state index in [2.05, 4.69) is 14.8 Å². The lowest BCUT2D eigenvalue weighted by molar-refractivity contribution is 0.0972. The third-order valence-electron chi connectivity index (χ3n) is 3.48. The maximum atomic E-state index is 11.9. The van der Waals surface area contributed by atoms with Gasteiger partial charge in [-0.05, 0) is 38.0 Å². The molecule has 0 radical (unpaired) electrons. The lowest BCUT2D eigenvalue weighted by Crippen LogP contribution is -2.14. The van der Waals surface area contributed by atoms with Crippen molar-refractivity contribution in [1.82, 2.24) is 14.8 Å². The lowest BCUT2D eigenvalue weighted by Gasteiger charge is -2.15. The summed E-state index contributed by atoms with van der Waals surface area (Å²) < 4.78 is 2.19. The summed E-state index contributed by atoms with van der Waals surface area (Å²) in [6.45, 7) is 2.74. The van der Waals surface area contributed by atoms with Crippen LogP contribution in [0.15, 0.2) is 24.4 Å². The molecule has 0 saturated heterocycles. The molecule has 4 nitrogen and oxygen atoms in total. The van der Waals surface area contributed by atoms with Gasteiger partial charge in [-0.2, -0.15) is 10.2 Å². The zero-order valence-corrected chi connectivity index (χ0v) is 10.4. The highest BCUT2D eigenvalue weighted by Crippen LogP contribution is 2.25.